The highest BCUT2D eigenvalue weighted by Crippen LogP contribution is 2.13. The van der Waals surface area contributed by atoms with E-state index in [4.69, 9.17) is 4.74 Å². The summed E-state index contributed by atoms with van der Waals surface area (Å²) in [5.74, 6) is -0.621. The fourth-order valence-corrected chi connectivity index (χ4v) is 2.75. The van der Waals surface area contributed by atoms with Gasteiger partial charge in [0.15, 0.2) is 0 Å². The smallest absolute Gasteiger partial charge is 0.337 e. The molecule has 0 fully saturated rings. The summed E-state index contributed by atoms with van der Waals surface area (Å²) in [5.41, 5.74) is 1.23. The second kappa shape index (κ2) is 8.34. The molecule has 0 aliphatic heterocycles. The van der Waals surface area contributed by atoms with Gasteiger partial charge in [0, 0.05) is 11.3 Å². The number of carbonyl (C=O) groups excluding carboxylic acids is 2. The first kappa shape index (κ1) is 16.2. The number of aryl methyl sites for hydroxylation is 1. The van der Waals surface area contributed by atoms with Crippen LogP contribution in [-0.4, -0.2) is 19.0 Å². The van der Waals surface area contributed by atoms with Gasteiger partial charge in [-0.05, 0) is 42.0 Å². The third kappa shape index (κ3) is 5.00. The summed E-state index contributed by atoms with van der Waals surface area (Å²) in [7, 11) is 1.34. The van der Waals surface area contributed by atoms with Crippen LogP contribution in [0.3, 0.4) is 0 Å². The van der Waals surface area contributed by atoms with Gasteiger partial charge in [-0.3, -0.25) is 4.79 Å². The van der Waals surface area contributed by atoms with Crippen LogP contribution in [0.4, 0.5) is 0 Å². The van der Waals surface area contributed by atoms with Crippen molar-refractivity contribution >= 4 is 23.3 Å². The van der Waals surface area contributed by atoms with Gasteiger partial charge in [-0.15, -0.1) is 11.3 Å². The molecule has 0 radical (unpaired) electrons. The topological polar surface area (TPSA) is 52.6 Å². The Bertz CT molecular complexity index is 619. The third-order valence-corrected chi connectivity index (χ3v) is 4.07. The second-order valence-electron chi connectivity index (χ2n) is 4.79. The van der Waals surface area contributed by atoms with E-state index in [0.717, 1.165) is 18.4 Å². The van der Waals surface area contributed by atoms with E-state index in [-0.39, 0.29) is 12.6 Å². The van der Waals surface area contributed by atoms with Crippen LogP contribution in [0, 0.1) is 0 Å². The average molecular weight is 318 g/mol. The Morgan fingerprint density at radius 3 is 2.77 bits per heavy atom. The van der Waals surface area contributed by atoms with Crippen molar-refractivity contribution in [3.8, 4) is 0 Å². The van der Waals surface area contributed by atoms with E-state index < -0.39 is 5.97 Å². The van der Waals surface area contributed by atoms with Crippen molar-refractivity contribution in [1.29, 1.82) is 0 Å². The van der Waals surface area contributed by atoms with Crippen LogP contribution in [-0.2, 0) is 27.3 Å². The van der Waals surface area contributed by atoms with E-state index in [2.05, 4.69) is 10.8 Å². The maximum Gasteiger partial charge on any atom is 0.337 e. The van der Waals surface area contributed by atoms with E-state index in [0.29, 0.717) is 12.0 Å². The number of hydrogen-bond donors (Lipinski definition) is 0. The zero-order chi connectivity index (χ0) is 15.8. The maximum atomic E-state index is 11.7. The van der Waals surface area contributed by atoms with E-state index in [1.807, 2.05) is 17.5 Å². The number of esters is 2. The summed E-state index contributed by atoms with van der Waals surface area (Å²) in [4.78, 5) is 24.4. The maximum absolute atomic E-state index is 11.7. The van der Waals surface area contributed by atoms with Crippen molar-refractivity contribution in [1.82, 2.24) is 0 Å². The summed E-state index contributed by atoms with van der Waals surface area (Å²) >= 11 is 1.70. The molecule has 0 atom stereocenters. The normalized spacial score (nSPS) is 10.2. The third-order valence-electron chi connectivity index (χ3n) is 3.13. The highest BCUT2D eigenvalue weighted by atomic mass is 32.1. The molecule has 1 aromatic heterocycles. The number of methoxy groups -OCH3 is 1. The molecule has 0 spiro atoms. The molecule has 1 heterocycles. The molecule has 0 bridgehead atoms. The zero-order valence-corrected chi connectivity index (χ0v) is 13.2. The number of ether oxygens (including phenoxy) is 2. The predicted octanol–water partition coefficient (Wildman–Crippen LogP) is 3.60. The van der Waals surface area contributed by atoms with Crippen LogP contribution in [0.1, 0.15) is 33.6 Å². The minimum absolute atomic E-state index is 0.169. The SMILES string of the molecule is COC(=O)c1cccc(COC(=O)CCCc2cccs2)c1. The fourth-order valence-electron chi connectivity index (χ4n) is 2.00. The van der Waals surface area contributed by atoms with Crippen molar-refractivity contribution in [3.05, 3.63) is 57.8 Å². The van der Waals surface area contributed by atoms with Gasteiger partial charge in [-0.1, -0.05) is 18.2 Å². The van der Waals surface area contributed by atoms with Crippen LogP contribution in [0.25, 0.3) is 0 Å². The summed E-state index contributed by atoms with van der Waals surface area (Å²) in [6.07, 6.45) is 2.07. The fraction of sp³-hybridized carbons (Fsp3) is 0.294. The van der Waals surface area contributed by atoms with Gasteiger partial charge in [0.2, 0.25) is 0 Å². The Hall–Kier alpha value is -2.14. The molecule has 1 aromatic carbocycles. The Labute approximate surface area is 133 Å². The highest BCUT2D eigenvalue weighted by molar-refractivity contribution is 7.09. The Morgan fingerprint density at radius 1 is 1.18 bits per heavy atom. The molecule has 2 aromatic rings. The van der Waals surface area contributed by atoms with Crippen LogP contribution in [0.2, 0.25) is 0 Å². The summed E-state index contributed by atoms with van der Waals surface area (Å²) in [5, 5.41) is 2.03. The summed E-state index contributed by atoms with van der Waals surface area (Å²) < 4.78 is 9.89. The molecule has 116 valence electrons. The van der Waals surface area contributed by atoms with Crippen molar-refractivity contribution in [2.24, 2.45) is 0 Å². The monoisotopic (exact) mass is 318 g/mol. The molecule has 2 rings (SSSR count). The lowest BCUT2D eigenvalue weighted by Gasteiger charge is -2.06. The molecular weight excluding hydrogens is 300 g/mol. The van der Waals surface area contributed by atoms with E-state index in [1.54, 1.807) is 29.5 Å². The number of hydrogen-bond acceptors (Lipinski definition) is 5. The standard InChI is InChI=1S/C17H18O4S/c1-20-17(19)14-6-2-5-13(11-14)12-21-16(18)9-3-7-15-8-4-10-22-15/h2,4-6,8,10-11H,3,7,9,12H2,1H3. The van der Waals surface area contributed by atoms with Gasteiger partial charge in [0.1, 0.15) is 6.61 Å². The van der Waals surface area contributed by atoms with Gasteiger partial charge in [-0.25, -0.2) is 4.79 Å². The van der Waals surface area contributed by atoms with E-state index in [9.17, 15) is 9.59 Å². The molecule has 4 nitrogen and oxygen atoms in total. The number of thiophene rings is 1. The average Bonchev–Trinajstić information content (AvgIpc) is 3.06. The first-order valence-electron chi connectivity index (χ1n) is 7.04. The summed E-state index contributed by atoms with van der Waals surface area (Å²) in [6, 6.07) is 11.0. The number of benzene rings is 1. The lowest BCUT2D eigenvalue weighted by Crippen LogP contribution is -2.06. The molecule has 0 N–H and O–H groups in total. The Balaban J connectivity index is 1.75. The molecule has 0 saturated heterocycles. The van der Waals surface area contributed by atoms with Gasteiger partial charge >= 0.3 is 11.9 Å². The van der Waals surface area contributed by atoms with Gasteiger partial charge < -0.3 is 9.47 Å². The molecule has 0 aliphatic carbocycles. The van der Waals surface area contributed by atoms with Gasteiger partial charge in [0.05, 0.1) is 12.7 Å². The van der Waals surface area contributed by atoms with Gasteiger partial charge in [-0.2, -0.15) is 0 Å². The van der Waals surface area contributed by atoms with Crippen LogP contribution in [0.15, 0.2) is 41.8 Å². The molecule has 22 heavy (non-hydrogen) atoms. The van der Waals surface area contributed by atoms with Crippen LogP contribution < -0.4 is 0 Å². The molecule has 0 unspecified atom stereocenters. The van der Waals surface area contributed by atoms with Crippen LogP contribution >= 0.6 is 11.3 Å². The number of rotatable bonds is 7. The lowest BCUT2D eigenvalue weighted by atomic mass is 10.1. The summed E-state index contributed by atoms with van der Waals surface area (Å²) in [6.45, 7) is 0.169. The quantitative estimate of drug-likeness (QED) is 0.732. The largest absolute Gasteiger partial charge is 0.465 e. The van der Waals surface area contributed by atoms with Gasteiger partial charge in [0.25, 0.3) is 0 Å². The van der Waals surface area contributed by atoms with E-state index >= 15 is 0 Å². The zero-order valence-electron chi connectivity index (χ0n) is 12.4. The van der Waals surface area contributed by atoms with E-state index in [1.165, 1.54) is 12.0 Å². The minimum atomic E-state index is -0.399. The molecule has 0 saturated carbocycles. The number of carbonyl (C=O) groups is 2. The molecule has 0 amide bonds. The second-order valence-corrected chi connectivity index (χ2v) is 5.82. The van der Waals surface area contributed by atoms with Crippen molar-refractivity contribution in [2.75, 3.05) is 7.11 Å². The lowest BCUT2D eigenvalue weighted by molar-refractivity contribution is -0.145. The first-order chi connectivity index (χ1) is 10.7. The van der Waals surface area contributed by atoms with Crippen molar-refractivity contribution in [3.63, 3.8) is 0 Å². The molecular formula is C17H18O4S. The Morgan fingerprint density at radius 2 is 2.05 bits per heavy atom. The molecule has 0 aliphatic rings. The first-order valence-corrected chi connectivity index (χ1v) is 7.92. The van der Waals surface area contributed by atoms with Crippen LogP contribution in [0.5, 0.6) is 0 Å². The van der Waals surface area contributed by atoms with Crippen molar-refractivity contribution < 1.29 is 19.1 Å². The predicted molar refractivity (Wildman–Crippen MR) is 84.8 cm³/mol. The Kier molecular flexibility index (Phi) is 6.15. The van der Waals surface area contributed by atoms with Crippen molar-refractivity contribution in [2.45, 2.75) is 25.9 Å². The highest BCUT2D eigenvalue weighted by Gasteiger charge is 2.08. The molecule has 5 heteroatoms. The minimum Gasteiger partial charge on any atom is -0.465 e.